The Morgan fingerprint density at radius 1 is 1.39 bits per heavy atom. The molecule has 1 heterocycles. The lowest BCUT2D eigenvalue weighted by Gasteiger charge is -2.24. The molecular formula is C15H22N2O. The van der Waals surface area contributed by atoms with Gasteiger partial charge in [-0.05, 0) is 23.3 Å². The van der Waals surface area contributed by atoms with Crippen molar-refractivity contribution in [2.45, 2.75) is 26.8 Å². The van der Waals surface area contributed by atoms with Gasteiger partial charge in [0.1, 0.15) is 0 Å². The quantitative estimate of drug-likeness (QED) is 0.503. The van der Waals surface area contributed by atoms with E-state index in [1.54, 1.807) is 6.21 Å². The Kier molecular flexibility index (Phi) is 4.02. The molecule has 1 aromatic rings. The van der Waals surface area contributed by atoms with Crippen LogP contribution < -0.4 is 0 Å². The molecule has 98 valence electrons. The molecule has 1 aliphatic rings. The highest BCUT2D eigenvalue weighted by Gasteiger charge is 2.38. The van der Waals surface area contributed by atoms with Crippen molar-refractivity contribution in [3.63, 3.8) is 0 Å². The Bertz CT molecular complexity index is 400. The molecule has 1 N–H and O–H groups in total. The maximum atomic E-state index is 8.55. The van der Waals surface area contributed by atoms with E-state index in [0.717, 1.165) is 26.1 Å². The van der Waals surface area contributed by atoms with Gasteiger partial charge in [-0.2, -0.15) is 0 Å². The van der Waals surface area contributed by atoms with E-state index in [4.69, 9.17) is 5.21 Å². The van der Waals surface area contributed by atoms with E-state index >= 15 is 0 Å². The number of hydrogen-bond donors (Lipinski definition) is 1. The van der Waals surface area contributed by atoms with Gasteiger partial charge in [0.15, 0.2) is 0 Å². The standard InChI is InChI=1S/C15H22N2O/c1-15(2)12-17(11-14(15)8-9-16-18)10-13-6-4-3-5-7-13/h3-7,9,14,18H,8,10-12H2,1-2H3. The minimum Gasteiger partial charge on any atom is -0.411 e. The van der Waals surface area contributed by atoms with Crippen LogP contribution in [0.1, 0.15) is 25.8 Å². The summed E-state index contributed by atoms with van der Waals surface area (Å²) in [6.07, 6.45) is 2.48. The summed E-state index contributed by atoms with van der Waals surface area (Å²) in [7, 11) is 0. The van der Waals surface area contributed by atoms with Crippen LogP contribution in [0.5, 0.6) is 0 Å². The number of oxime groups is 1. The number of likely N-dealkylation sites (tertiary alicyclic amines) is 1. The molecule has 1 aliphatic heterocycles. The average Bonchev–Trinajstić information content (AvgIpc) is 2.62. The van der Waals surface area contributed by atoms with Gasteiger partial charge in [-0.3, -0.25) is 4.90 Å². The summed E-state index contributed by atoms with van der Waals surface area (Å²) in [6.45, 7) is 7.79. The zero-order chi connectivity index (χ0) is 13.0. The van der Waals surface area contributed by atoms with E-state index < -0.39 is 0 Å². The summed E-state index contributed by atoms with van der Waals surface area (Å²) in [6, 6.07) is 10.6. The van der Waals surface area contributed by atoms with Crippen LogP contribution in [0.4, 0.5) is 0 Å². The van der Waals surface area contributed by atoms with Crippen LogP contribution in [0.25, 0.3) is 0 Å². The number of hydrogen-bond acceptors (Lipinski definition) is 3. The summed E-state index contributed by atoms with van der Waals surface area (Å²) < 4.78 is 0. The Morgan fingerprint density at radius 2 is 2.11 bits per heavy atom. The maximum Gasteiger partial charge on any atom is 0.0439 e. The molecule has 18 heavy (non-hydrogen) atoms. The van der Waals surface area contributed by atoms with Crippen LogP contribution in [0, 0.1) is 11.3 Å². The van der Waals surface area contributed by atoms with Crippen molar-refractivity contribution in [2.75, 3.05) is 13.1 Å². The first-order valence-electron chi connectivity index (χ1n) is 6.54. The van der Waals surface area contributed by atoms with Crippen LogP contribution in [0.3, 0.4) is 0 Å². The highest BCUT2D eigenvalue weighted by atomic mass is 16.4. The molecule has 0 radical (unpaired) electrons. The molecule has 3 heteroatoms. The lowest BCUT2D eigenvalue weighted by Crippen LogP contribution is -2.23. The van der Waals surface area contributed by atoms with Crippen molar-refractivity contribution in [2.24, 2.45) is 16.5 Å². The molecule has 0 aliphatic carbocycles. The Balaban J connectivity index is 1.97. The van der Waals surface area contributed by atoms with Crippen molar-refractivity contribution in [3.05, 3.63) is 35.9 Å². The predicted molar refractivity (Wildman–Crippen MR) is 73.9 cm³/mol. The summed E-state index contributed by atoms with van der Waals surface area (Å²) in [5, 5.41) is 11.7. The first-order valence-corrected chi connectivity index (χ1v) is 6.54. The highest BCUT2D eigenvalue weighted by molar-refractivity contribution is 5.56. The molecule has 1 fully saturated rings. The minimum atomic E-state index is 0.288. The molecule has 0 amide bonds. The summed E-state index contributed by atoms with van der Waals surface area (Å²) in [5.74, 6) is 0.567. The normalized spacial score (nSPS) is 23.8. The van der Waals surface area contributed by atoms with Crippen molar-refractivity contribution >= 4 is 6.21 Å². The lowest BCUT2D eigenvalue weighted by atomic mass is 9.80. The van der Waals surface area contributed by atoms with E-state index in [0.29, 0.717) is 5.92 Å². The molecule has 3 nitrogen and oxygen atoms in total. The first-order chi connectivity index (χ1) is 8.62. The zero-order valence-electron chi connectivity index (χ0n) is 11.2. The van der Waals surface area contributed by atoms with Crippen LogP contribution in [0.2, 0.25) is 0 Å². The van der Waals surface area contributed by atoms with Crippen LogP contribution in [-0.2, 0) is 6.54 Å². The van der Waals surface area contributed by atoms with Crippen molar-refractivity contribution in [3.8, 4) is 0 Å². The molecule has 2 rings (SSSR count). The van der Waals surface area contributed by atoms with Crippen molar-refractivity contribution in [1.82, 2.24) is 4.90 Å². The van der Waals surface area contributed by atoms with Gasteiger partial charge >= 0.3 is 0 Å². The van der Waals surface area contributed by atoms with E-state index in [1.807, 2.05) is 0 Å². The second kappa shape index (κ2) is 5.53. The molecule has 0 bridgehead atoms. The van der Waals surface area contributed by atoms with Gasteiger partial charge in [0.2, 0.25) is 0 Å². The first kappa shape index (κ1) is 13.1. The number of rotatable bonds is 4. The second-order valence-electron chi connectivity index (χ2n) is 5.87. The number of benzene rings is 1. The SMILES string of the molecule is CC1(C)CN(Cc2ccccc2)CC1CC=NO. The van der Waals surface area contributed by atoms with E-state index in [9.17, 15) is 0 Å². The van der Waals surface area contributed by atoms with Gasteiger partial charge in [-0.1, -0.05) is 44.2 Å². The molecule has 1 saturated heterocycles. The molecule has 0 saturated carbocycles. The topological polar surface area (TPSA) is 35.8 Å². The fraction of sp³-hybridized carbons (Fsp3) is 0.533. The minimum absolute atomic E-state index is 0.288. The smallest absolute Gasteiger partial charge is 0.0439 e. The molecular weight excluding hydrogens is 224 g/mol. The van der Waals surface area contributed by atoms with E-state index in [1.165, 1.54) is 5.56 Å². The van der Waals surface area contributed by atoms with Crippen LogP contribution in [0.15, 0.2) is 35.5 Å². The summed E-state index contributed by atoms with van der Waals surface area (Å²) in [4.78, 5) is 2.49. The predicted octanol–water partition coefficient (Wildman–Crippen LogP) is 2.99. The van der Waals surface area contributed by atoms with E-state index in [-0.39, 0.29) is 5.41 Å². The summed E-state index contributed by atoms with van der Waals surface area (Å²) in [5.41, 5.74) is 1.65. The monoisotopic (exact) mass is 246 g/mol. The van der Waals surface area contributed by atoms with Gasteiger partial charge in [-0.15, -0.1) is 5.16 Å². The van der Waals surface area contributed by atoms with Gasteiger partial charge < -0.3 is 5.21 Å². The molecule has 1 atom stereocenters. The Labute approximate surface area is 109 Å². The maximum absolute atomic E-state index is 8.55. The van der Waals surface area contributed by atoms with Crippen LogP contribution >= 0.6 is 0 Å². The Hall–Kier alpha value is -1.35. The van der Waals surface area contributed by atoms with Gasteiger partial charge in [-0.25, -0.2) is 0 Å². The van der Waals surface area contributed by atoms with Crippen molar-refractivity contribution < 1.29 is 5.21 Å². The fourth-order valence-electron chi connectivity index (χ4n) is 2.86. The van der Waals surface area contributed by atoms with Gasteiger partial charge in [0.05, 0.1) is 0 Å². The molecule has 1 unspecified atom stereocenters. The molecule has 0 aromatic heterocycles. The second-order valence-corrected chi connectivity index (χ2v) is 5.87. The van der Waals surface area contributed by atoms with Gasteiger partial charge in [0, 0.05) is 25.8 Å². The Morgan fingerprint density at radius 3 is 2.78 bits per heavy atom. The third kappa shape index (κ3) is 3.10. The fourth-order valence-corrected chi connectivity index (χ4v) is 2.86. The lowest BCUT2D eigenvalue weighted by molar-refractivity contribution is 0.270. The molecule has 1 aromatic carbocycles. The third-order valence-electron chi connectivity index (χ3n) is 3.94. The van der Waals surface area contributed by atoms with Crippen LogP contribution in [-0.4, -0.2) is 29.4 Å². The average molecular weight is 246 g/mol. The number of nitrogens with zero attached hydrogens (tertiary/aromatic N) is 2. The van der Waals surface area contributed by atoms with E-state index in [2.05, 4.69) is 54.2 Å². The van der Waals surface area contributed by atoms with Gasteiger partial charge in [0.25, 0.3) is 0 Å². The zero-order valence-corrected chi connectivity index (χ0v) is 11.2. The molecule has 0 spiro atoms. The van der Waals surface area contributed by atoms with Crippen molar-refractivity contribution in [1.29, 1.82) is 0 Å². The highest BCUT2D eigenvalue weighted by Crippen LogP contribution is 2.37. The largest absolute Gasteiger partial charge is 0.411 e. The summed E-state index contributed by atoms with van der Waals surface area (Å²) >= 11 is 0. The third-order valence-corrected chi connectivity index (χ3v) is 3.94.